The van der Waals surface area contributed by atoms with Crippen LogP contribution in [-0.4, -0.2) is 61.8 Å². The molecule has 4 aromatic rings. The summed E-state index contributed by atoms with van der Waals surface area (Å²) in [6, 6.07) is 10.1. The summed E-state index contributed by atoms with van der Waals surface area (Å²) in [5.74, 6) is -0.118. The molecule has 1 aliphatic rings. The van der Waals surface area contributed by atoms with Crippen LogP contribution in [0.4, 0.5) is 13.2 Å². The van der Waals surface area contributed by atoms with Gasteiger partial charge in [-0.15, -0.1) is 32.2 Å². The molecule has 11 nitrogen and oxygen atoms in total. The Bertz CT molecular complexity index is 1610. The van der Waals surface area contributed by atoms with Crippen LogP contribution in [0.3, 0.4) is 0 Å². The Hall–Kier alpha value is -3.85. The highest BCUT2D eigenvalue weighted by atomic mass is 35.5. The molecule has 0 spiro atoms. The number of aromatic nitrogens is 7. The number of ether oxygens (including phenoxy) is 3. The van der Waals surface area contributed by atoms with Gasteiger partial charge in [0.2, 0.25) is 5.82 Å². The number of rotatable bonds is 10. The molecule has 5 rings (SSSR count). The van der Waals surface area contributed by atoms with Crippen molar-refractivity contribution in [2.24, 2.45) is 0 Å². The van der Waals surface area contributed by atoms with Gasteiger partial charge in [-0.1, -0.05) is 23.7 Å². The van der Waals surface area contributed by atoms with Gasteiger partial charge in [0.15, 0.2) is 23.1 Å². The molecule has 0 saturated carbocycles. The zero-order valence-electron chi connectivity index (χ0n) is 23.3. The van der Waals surface area contributed by atoms with E-state index in [1.807, 2.05) is 6.07 Å². The van der Waals surface area contributed by atoms with E-state index in [0.29, 0.717) is 33.5 Å². The summed E-state index contributed by atoms with van der Waals surface area (Å²) in [6.45, 7) is 2.20. The first-order valence-corrected chi connectivity index (χ1v) is 14.6. The molecule has 0 N–H and O–H groups in total. The Labute approximate surface area is 253 Å². The zero-order chi connectivity index (χ0) is 30.7. The maximum atomic E-state index is 14.3. The molecule has 0 saturated heterocycles. The molecule has 3 heterocycles. The molecular weight excluding hydrogens is 611 g/mol. The van der Waals surface area contributed by atoms with E-state index in [9.17, 15) is 18.0 Å². The molecule has 16 heteroatoms. The summed E-state index contributed by atoms with van der Waals surface area (Å²) < 4.78 is 60.0. The van der Waals surface area contributed by atoms with Crippen LogP contribution < -0.4 is 9.47 Å². The summed E-state index contributed by atoms with van der Waals surface area (Å²) in [6.07, 6.45) is -4.15. The summed E-state index contributed by atoms with van der Waals surface area (Å²) in [5, 5.41) is 19.2. The Morgan fingerprint density at radius 1 is 1.09 bits per heavy atom. The minimum atomic E-state index is -4.77. The highest BCUT2D eigenvalue weighted by Crippen LogP contribution is 2.54. The molecule has 1 aliphatic heterocycles. The monoisotopic (exact) mass is 637 g/mol. The van der Waals surface area contributed by atoms with Gasteiger partial charge < -0.3 is 14.2 Å². The first-order valence-electron chi connectivity index (χ1n) is 13.3. The van der Waals surface area contributed by atoms with Crippen molar-refractivity contribution in [3.05, 3.63) is 70.0 Å². The molecule has 0 bridgehead atoms. The molecule has 0 unspecified atom stereocenters. The van der Waals surface area contributed by atoms with Crippen LogP contribution >= 0.6 is 23.4 Å². The van der Waals surface area contributed by atoms with Gasteiger partial charge in [0, 0.05) is 17.0 Å². The second-order valence-corrected chi connectivity index (χ2v) is 11.1. The number of alkyl halides is 3. The normalized spacial score (nSPS) is 16.3. The van der Waals surface area contributed by atoms with Crippen molar-refractivity contribution in [3.63, 3.8) is 0 Å². The Kier molecular flexibility index (Phi) is 9.11. The molecule has 2 aromatic carbocycles. The summed E-state index contributed by atoms with van der Waals surface area (Å²) in [7, 11) is 3.02. The first kappa shape index (κ1) is 30.6. The third kappa shape index (κ3) is 6.42. The lowest BCUT2D eigenvalue weighted by molar-refractivity contribution is -0.146. The lowest BCUT2D eigenvalue weighted by Gasteiger charge is -2.24. The van der Waals surface area contributed by atoms with E-state index in [0.717, 1.165) is 4.57 Å². The molecule has 0 aliphatic carbocycles. The number of esters is 1. The molecule has 0 fully saturated rings. The number of benzene rings is 2. The number of hydrogen-bond donors (Lipinski definition) is 0. The van der Waals surface area contributed by atoms with Crippen LogP contribution in [-0.2, 0) is 28.7 Å². The van der Waals surface area contributed by atoms with Crippen molar-refractivity contribution in [1.82, 2.24) is 35.0 Å². The largest absolute Gasteiger partial charge is 0.493 e. The Morgan fingerprint density at radius 2 is 1.91 bits per heavy atom. The fourth-order valence-electron chi connectivity index (χ4n) is 4.87. The van der Waals surface area contributed by atoms with Crippen molar-refractivity contribution in [2.75, 3.05) is 20.8 Å². The van der Waals surface area contributed by atoms with Crippen LogP contribution in [0.2, 0.25) is 5.02 Å². The molecular formula is C27H27ClF3N7O4S. The molecule has 43 heavy (non-hydrogen) atoms. The number of thioether (sulfide) groups is 1. The number of carbonyl (C=O) groups is 1. The van der Waals surface area contributed by atoms with Crippen LogP contribution in [0.15, 0.2) is 36.4 Å². The molecule has 0 radical (unpaired) electrons. The van der Waals surface area contributed by atoms with Crippen molar-refractivity contribution < 1.29 is 32.2 Å². The van der Waals surface area contributed by atoms with Crippen molar-refractivity contribution in [1.29, 1.82) is 0 Å². The summed E-state index contributed by atoms with van der Waals surface area (Å²) in [5.41, 5.74) is 1.47. The van der Waals surface area contributed by atoms with Crippen molar-refractivity contribution in [3.8, 4) is 17.2 Å². The Morgan fingerprint density at radius 3 is 2.63 bits per heavy atom. The van der Waals surface area contributed by atoms with Gasteiger partial charge >= 0.3 is 12.1 Å². The van der Waals surface area contributed by atoms with E-state index in [2.05, 4.69) is 25.6 Å². The highest BCUT2D eigenvalue weighted by molar-refractivity contribution is 8.00. The summed E-state index contributed by atoms with van der Waals surface area (Å²) in [4.78, 5) is 13.0. The lowest BCUT2D eigenvalue weighted by Crippen LogP contribution is -2.16. The van der Waals surface area contributed by atoms with Crippen LogP contribution in [0.1, 0.15) is 58.9 Å². The molecule has 2 aromatic heterocycles. The van der Waals surface area contributed by atoms with Gasteiger partial charge in [0.25, 0.3) is 0 Å². The van der Waals surface area contributed by atoms with Crippen LogP contribution in [0.25, 0.3) is 5.69 Å². The number of tetrazole rings is 1. The van der Waals surface area contributed by atoms with Crippen molar-refractivity contribution >= 4 is 29.3 Å². The van der Waals surface area contributed by atoms with E-state index in [-0.39, 0.29) is 49.9 Å². The fourth-order valence-corrected chi connectivity index (χ4v) is 6.56. The van der Waals surface area contributed by atoms with E-state index < -0.39 is 22.5 Å². The van der Waals surface area contributed by atoms with Gasteiger partial charge in [-0.25, -0.2) is 0 Å². The standard InChI is InChI=1S/C27H27ClF3N7O4S/c1-4-42-22(39)11-10-21-32-36-37(35-21)13-12-20-25-33-34-26(27(29,30)31)38(25)18-9-8-15(28)14-17(18)24(43-20)16-6-5-7-19(40-2)23(16)41-3/h5-9,14,20,24H,4,10-13H2,1-3H3/t20-,24-/m0/s1. The van der Waals surface area contributed by atoms with E-state index in [1.54, 1.807) is 25.1 Å². The number of para-hydroxylation sites is 1. The quantitative estimate of drug-likeness (QED) is 0.209. The van der Waals surface area contributed by atoms with Gasteiger partial charge in [0.1, 0.15) is 0 Å². The van der Waals surface area contributed by atoms with E-state index in [1.165, 1.54) is 42.9 Å². The van der Waals surface area contributed by atoms with Gasteiger partial charge in [-0.3, -0.25) is 9.36 Å². The van der Waals surface area contributed by atoms with Gasteiger partial charge in [0.05, 0.1) is 50.0 Å². The third-order valence-electron chi connectivity index (χ3n) is 6.70. The Balaban J connectivity index is 1.55. The average molecular weight is 638 g/mol. The molecule has 2 atom stereocenters. The highest BCUT2D eigenvalue weighted by Gasteiger charge is 2.43. The number of carbonyl (C=O) groups excluding carboxylic acids is 1. The minimum absolute atomic E-state index is 0.103. The SMILES string of the molecule is CCOC(=O)CCc1nnn(CC[C@@H]2S[C@@H](c3cccc(OC)c3OC)c3cc(Cl)ccc3-n3c2nnc3C(F)(F)F)n1. The predicted octanol–water partition coefficient (Wildman–Crippen LogP) is 5.41. The van der Waals surface area contributed by atoms with Crippen molar-refractivity contribution in [2.45, 2.75) is 49.4 Å². The number of halogens is 4. The second kappa shape index (κ2) is 12.8. The number of hydrogen-bond acceptors (Lipinski definition) is 10. The summed E-state index contributed by atoms with van der Waals surface area (Å²) >= 11 is 7.79. The molecule has 0 amide bonds. The predicted molar refractivity (Wildman–Crippen MR) is 150 cm³/mol. The number of nitrogens with zero attached hydrogens (tertiary/aromatic N) is 7. The van der Waals surface area contributed by atoms with Crippen LogP contribution in [0, 0.1) is 0 Å². The zero-order valence-corrected chi connectivity index (χ0v) is 24.9. The second-order valence-electron chi connectivity index (χ2n) is 9.40. The minimum Gasteiger partial charge on any atom is -0.493 e. The van der Waals surface area contributed by atoms with Gasteiger partial charge in [-0.05, 0) is 48.4 Å². The topological polar surface area (TPSA) is 119 Å². The fraction of sp³-hybridized carbons (Fsp3) is 0.407. The average Bonchev–Trinajstić information content (AvgIpc) is 3.61. The number of fused-ring (bicyclic) bond motifs is 3. The maximum Gasteiger partial charge on any atom is 0.452 e. The van der Waals surface area contributed by atoms with E-state index >= 15 is 0 Å². The lowest BCUT2D eigenvalue weighted by atomic mass is 10.0. The van der Waals surface area contributed by atoms with Gasteiger partial charge in [-0.2, -0.15) is 18.0 Å². The number of methoxy groups -OCH3 is 2. The first-order chi connectivity index (χ1) is 20.6. The maximum absolute atomic E-state index is 14.3. The smallest absolute Gasteiger partial charge is 0.452 e. The number of aryl methyl sites for hydroxylation is 2. The molecule has 228 valence electrons. The van der Waals surface area contributed by atoms with E-state index in [4.69, 9.17) is 25.8 Å². The third-order valence-corrected chi connectivity index (χ3v) is 8.49. The van der Waals surface area contributed by atoms with Crippen LogP contribution in [0.5, 0.6) is 11.5 Å².